The highest BCUT2D eigenvalue weighted by molar-refractivity contribution is 7.15. The first-order chi connectivity index (χ1) is 5.22. The second-order valence-corrected chi connectivity index (χ2v) is 4.31. The van der Waals surface area contributed by atoms with E-state index in [0.29, 0.717) is 10.4 Å². The molecule has 11 heavy (non-hydrogen) atoms. The first-order valence-corrected chi connectivity index (χ1v) is 4.89. The molecule has 0 aliphatic rings. The largest absolute Gasteiger partial charge is 0.207 e. The van der Waals surface area contributed by atoms with E-state index < -0.39 is 0 Å². The summed E-state index contributed by atoms with van der Waals surface area (Å²) in [5, 5.41) is 8.72. The van der Waals surface area contributed by atoms with Crippen molar-refractivity contribution in [3.8, 4) is 0 Å². The maximum atomic E-state index is 5.63. The molecule has 4 heteroatoms. The van der Waals surface area contributed by atoms with Crippen molar-refractivity contribution in [3.63, 3.8) is 0 Å². The number of nitrogens with zero attached hydrogens (tertiary/aromatic N) is 2. The molecule has 0 aliphatic heterocycles. The van der Waals surface area contributed by atoms with Crippen molar-refractivity contribution in [1.82, 2.24) is 10.2 Å². The van der Waals surface area contributed by atoms with Crippen LogP contribution in [0.2, 0.25) is 4.47 Å². The Hall–Kier alpha value is -0.150. The highest BCUT2D eigenvalue weighted by atomic mass is 35.5. The third-order valence-electron chi connectivity index (χ3n) is 1.66. The summed E-state index contributed by atoms with van der Waals surface area (Å²) in [6.45, 7) is 4.38. The van der Waals surface area contributed by atoms with Gasteiger partial charge in [-0.05, 0) is 17.5 Å². The van der Waals surface area contributed by atoms with Crippen LogP contribution in [-0.4, -0.2) is 10.2 Å². The number of hydrogen-bond donors (Lipinski definition) is 0. The number of halogens is 1. The van der Waals surface area contributed by atoms with Gasteiger partial charge in [-0.2, -0.15) is 0 Å². The summed E-state index contributed by atoms with van der Waals surface area (Å²) < 4.78 is 0.545. The molecule has 1 atom stereocenters. The molecule has 0 aliphatic carbocycles. The van der Waals surface area contributed by atoms with Crippen molar-refractivity contribution >= 4 is 22.9 Å². The monoisotopic (exact) mass is 190 g/mol. The van der Waals surface area contributed by atoms with Crippen molar-refractivity contribution in [2.24, 2.45) is 5.92 Å². The Bertz CT molecular complexity index is 224. The average Bonchev–Trinajstić information content (AvgIpc) is 2.35. The molecule has 0 aromatic carbocycles. The third-order valence-corrected chi connectivity index (χ3v) is 2.70. The van der Waals surface area contributed by atoms with E-state index in [1.807, 2.05) is 0 Å². The summed E-state index contributed by atoms with van der Waals surface area (Å²) in [6.07, 6.45) is 2.18. The second kappa shape index (κ2) is 4.02. The first kappa shape index (κ1) is 8.94. The molecule has 0 bridgehead atoms. The van der Waals surface area contributed by atoms with E-state index in [2.05, 4.69) is 24.0 Å². The molecule has 0 saturated heterocycles. The average molecular weight is 191 g/mol. The molecule has 0 N–H and O–H groups in total. The number of rotatable bonds is 3. The van der Waals surface area contributed by atoms with Gasteiger partial charge in [0.05, 0.1) is 0 Å². The molecular weight excluding hydrogens is 180 g/mol. The molecule has 0 amide bonds. The molecule has 0 fully saturated rings. The van der Waals surface area contributed by atoms with E-state index in [9.17, 15) is 0 Å². The molecule has 0 spiro atoms. The summed E-state index contributed by atoms with van der Waals surface area (Å²) in [5.41, 5.74) is 0. The van der Waals surface area contributed by atoms with Crippen LogP contribution in [0.3, 0.4) is 0 Å². The standard InChI is InChI=1S/C7H11ClN2S/c1-3-5(2)4-6-9-10-7(8)11-6/h5H,3-4H2,1-2H3. The Balaban J connectivity index is 2.50. The summed E-state index contributed by atoms with van der Waals surface area (Å²) in [6, 6.07) is 0. The lowest BCUT2D eigenvalue weighted by atomic mass is 10.1. The van der Waals surface area contributed by atoms with E-state index in [4.69, 9.17) is 11.6 Å². The van der Waals surface area contributed by atoms with E-state index in [-0.39, 0.29) is 0 Å². The predicted molar refractivity (Wildman–Crippen MR) is 48.1 cm³/mol. The first-order valence-electron chi connectivity index (χ1n) is 3.70. The Labute approximate surface area is 75.6 Å². The van der Waals surface area contributed by atoms with Crippen LogP contribution in [0, 0.1) is 5.92 Å². The fourth-order valence-electron chi connectivity index (χ4n) is 0.758. The molecule has 62 valence electrons. The molecule has 2 nitrogen and oxygen atoms in total. The van der Waals surface area contributed by atoms with Gasteiger partial charge in [-0.25, -0.2) is 0 Å². The van der Waals surface area contributed by atoms with Gasteiger partial charge < -0.3 is 0 Å². The van der Waals surface area contributed by atoms with E-state index in [0.717, 1.165) is 11.4 Å². The smallest absolute Gasteiger partial charge is 0.142 e. The van der Waals surface area contributed by atoms with Gasteiger partial charge in [-0.1, -0.05) is 31.6 Å². The minimum atomic E-state index is 0.545. The van der Waals surface area contributed by atoms with Crippen molar-refractivity contribution < 1.29 is 0 Å². The Kier molecular flexibility index (Phi) is 3.27. The van der Waals surface area contributed by atoms with Gasteiger partial charge >= 0.3 is 0 Å². The van der Waals surface area contributed by atoms with Crippen LogP contribution in [-0.2, 0) is 6.42 Å². The topological polar surface area (TPSA) is 25.8 Å². The van der Waals surface area contributed by atoms with Crippen molar-refractivity contribution in [3.05, 3.63) is 9.47 Å². The third kappa shape index (κ3) is 2.75. The molecule has 1 rings (SSSR count). The molecule has 1 heterocycles. The zero-order valence-electron chi connectivity index (χ0n) is 6.67. The minimum Gasteiger partial charge on any atom is -0.142 e. The number of hydrogen-bond acceptors (Lipinski definition) is 3. The Morgan fingerprint density at radius 3 is 2.73 bits per heavy atom. The molecule has 1 unspecified atom stereocenters. The molecule has 0 radical (unpaired) electrons. The lowest BCUT2D eigenvalue weighted by molar-refractivity contribution is 0.556. The molecule has 1 aromatic rings. The van der Waals surface area contributed by atoms with Crippen molar-refractivity contribution in [2.75, 3.05) is 0 Å². The van der Waals surface area contributed by atoms with Gasteiger partial charge in [0, 0.05) is 6.42 Å². The van der Waals surface area contributed by atoms with E-state index >= 15 is 0 Å². The molecule has 1 aromatic heterocycles. The fourth-order valence-corrected chi connectivity index (χ4v) is 1.79. The zero-order valence-corrected chi connectivity index (χ0v) is 8.24. The van der Waals surface area contributed by atoms with Crippen LogP contribution in [0.1, 0.15) is 25.3 Å². The minimum absolute atomic E-state index is 0.545. The number of aromatic nitrogens is 2. The molecule has 0 saturated carbocycles. The summed E-state index contributed by atoms with van der Waals surface area (Å²) in [4.78, 5) is 0. The summed E-state index contributed by atoms with van der Waals surface area (Å²) in [5.74, 6) is 0.680. The lowest BCUT2D eigenvalue weighted by Gasteiger charge is -2.02. The van der Waals surface area contributed by atoms with Gasteiger partial charge in [0.1, 0.15) is 5.01 Å². The van der Waals surface area contributed by atoms with Gasteiger partial charge in [0.25, 0.3) is 0 Å². The van der Waals surface area contributed by atoms with Crippen LogP contribution in [0.25, 0.3) is 0 Å². The Morgan fingerprint density at radius 2 is 2.27 bits per heavy atom. The maximum absolute atomic E-state index is 5.63. The Morgan fingerprint density at radius 1 is 1.55 bits per heavy atom. The van der Waals surface area contributed by atoms with Gasteiger partial charge in [-0.15, -0.1) is 10.2 Å². The zero-order chi connectivity index (χ0) is 8.27. The van der Waals surface area contributed by atoms with Crippen LogP contribution < -0.4 is 0 Å². The van der Waals surface area contributed by atoms with E-state index in [1.54, 1.807) is 0 Å². The predicted octanol–water partition coefficient (Wildman–Crippen LogP) is 2.78. The van der Waals surface area contributed by atoms with Gasteiger partial charge in [0.15, 0.2) is 0 Å². The highest BCUT2D eigenvalue weighted by Gasteiger charge is 2.05. The van der Waals surface area contributed by atoms with Crippen molar-refractivity contribution in [1.29, 1.82) is 0 Å². The maximum Gasteiger partial charge on any atom is 0.207 e. The lowest BCUT2D eigenvalue weighted by Crippen LogP contribution is -1.96. The summed E-state index contributed by atoms with van der Waals surface area (Å²) in [7, 11) is 0. The van der Waals surface area contributed by atoms with E-state index in [1.165, 1.54) is 17.8 Å². The normalized spacial score (nSPS) is 13.4. The molecular formula is C7H11ClN2S. The SMILES string of the molecule is CCC(C)Cc1nnc(Cl)s1. The van der Waals surface area contributed by atoms with Crippen LogP contribution in [0.4, 0.5) is 0 Å². The van der Waals surface area contributed by atoms with Crippen molar-refractivity contribution in [2.45, 2.75) is 26.7 Å². The van der Waals surface area contributed by atoms with Crippen LogP contribution in [0.5, 0.6) is 0 Å². The van der Waals surface area contributed by atoms with Crippen LogP contribution >= 0.6 is 22.9 Å². The quantitative estimate of drug-likeness (QED) is 0.733. The van der Waals surface area contributed by atoms with Crippen LogP contribution in [0.15, 0.2) is 0 Å². The van der Waals surface area contributed by atoms with Gasteiger partial charge in [-0.3, -0.25) is 0 Å². The second-order valence-electron chi connectivity index (χ2n) is 2.67. The fraction of sp³-hybridized carbons (Fsp3) is 0.714. The highest BCUT2D eigenvalue weighted by Crippen LogP contribution is 2.18. The van der Waals surface area contributed by atoms with Gasteiger partial charge in [0.2, 0.25) is 4.47 Å². The summed E-state index contributed by atoms with van der Waals surface area (Å²) >= 11 is 7.11.